The van der Waals surface area contributed by atoms with Gasteiger partial charge in [0, 0.05) is 9.79 Å². The lowest BCUT2D eigenvalue weighted by atomic mass is 10.2. The first-order valence-electron chi connectivity index (χ1n) is 8.20. The second-order valence-corrected chi connectivity index (χ2v) is 6.67. The highest BCUT2D eigenvalue weighted by molar-refractivity contribution is 7.99. The Kier molecular flexibility index (Phi) is 6.12. The molecule has 2 N–H and O–H groups in total. The fourth-order valence-electron chi connectivity index (χ4n) is 2.38. The van der Waals surface area contributed by atoms with Crippen LogP contribution >= 0.6 is 11.8 Å². The molecule has 3 aromatic carbocycles. The highest BCUT2D eigenvalue weighted by atomic mass is 32.2. The van der Waals surface area contributed by atoms with Gasteiger partial charge in [-0.15, -0.1) is 0 Å². The molecule has 0 spiro atoms. The first-order chi connectivity index (χ1) is 13.1. The molecule has 0 aromatic heterocycles. The number of anilines is 1. The number of carbonyl (C=O) groups is 2. The van der Waals surface area contributed by atoms with Crippen molar-refractivity contribution in [3.63, 3.8) is 0 Å². The Bertz CT molecular complexity index is 944. The second-order valence-electron chi connectivity index (χ2n) is 5.59. The van der Waals surface area contributed by atoms with E-state index in [1.807, 2.05) is 42.5 Å². The van der Waals surface area contributed by atoms with Crippen molar-refractivity contribution in [2.75, 3.05) is 5.32 Å². The van der Waals surface area contributed by atoms with Crippen LogP contribution in [0.25, 0.3) is 0 Å². The minimum Gasteiger partial charge on any atom is -0.478 e. The van der Waals surface area contributed by atoms with Crippen molar-refractivity contribution in [1.82, 2.24) is 0 Å². The summed E-state index contributed by atoms with van der Waals surface area (Å²) in [4.78, 5) is 24.8. The molecule has 0 atom stereocenters. The van der Waals surface area contributed by atoms with Crippen LogP contribution in [0.2, 0.25) is 0 Å². The molecule has 0 aliphatic rings. The third kappa shape index (κ3) is 5.12. The molecule has 27 heavy (non-hydrogen) atoms. The summed E-state index contributed by atoms with van der Waals surface area (Å²) in [5, 5.41) is 12.1. The van der Waals surface area contributed by atoms with E-state index < -0.39 is 12.1 Å². The quantitative estimate of drug-likeness (QED) is 0.609. The van der Waals surface area contributed by atoms with Gasteiger partial charge in [-0.05, 0) is 29.8 Å². The van der Waals surface area contributed by atoms with Gasteiger partial charge in [0.2, 0.25) is 0 Å². The van der Waals surface area contributed by atoms with E-state index in [0.717, 1.165) is 10.5 Å². The number of carboxylic acids is 1. The first kappa shape index (κ1) is 18.5. The van der Waals surface area contributed by atoms with Gasteiger partial charge in [-0.2, -0.15) is 0 Å². The zero-order valence-electron chi connectivity index (χ0n) is 14.3. The summed E-state index contributed by atoms with van der Waals surface area (Å²) < 4.78 is 5.25. The van der Waals surface area contributed by atoms with Crippen LogP contribution < -0.4 is 5.32 Å². The number of nitrogens with one attached hydrogen (secondary N) is 1. The summed E-state index contributed by atoms with van der Waals surface area (Å²) in [6.45, 7) is 0.170. The monoisotopic (exact) mass is 379 g/mol. The SMILES string of the molecule is O=C(Nc1ccccc1Sc1ccccc1C(=O)O)OCc1ccccc1. The predicted octanol–water partition coefficient (Wildman–Crippen LogP) is 5.28. The Labute approximate surface area is 161 Å². The molecule has 3 aromatic rings. The predicted molar refractivity (Wildman–Crippen MR) is 104 cm³/mol. The van der Waals surface area contributed by atoms with Gasteiger partial charge in [-0.1, -0.05) is 66.4 Å². The molecule has 6 heteroatoms. The molecule has 0 saturated heterocycles. The van der Waals surface area contributed by atoms with Crippen LogP contribution in [-0.4, -0.2) is 17.2 Å². The molecule has 0 fully saturated rings. The molecule has 5 nitrogen and oxygen atoms in total. The number of carboxylic acid groups (broad SMARTS) is 1. The van der Waals surface area contributed by atoms with Crippen molar-refractivity contribution in [3.8, 4) is 0 Å². The Hall–Kier alpha value is -3.25. The zero-order chi connectivity index (χ0) is 19.1. The van der Waals surface area contributed by atoms with Gasteiger partial charge in [-0.3, -0.25) is 5.32 Å². The van der Waals surface area contributed by atoms with Crippen molar-refractivity contribution >= 4 is 29.5 Å². The molecule has 3 rings (SSSR count). The average Bonchev–Trinajstić information content (AvgIpc) is 2.69. The molecule has 136 valence electrons. The van der Waals surface area contributed by atoms with E-state index in [2.05, 4.69) is 5.32 Å². The summed E-state index contributed by atoms with van der Waals surface area (Å²) in [5.41, 5.74) is 1.66. The first-order valence-corrected chi connectivity index (χ1v) is 9.02. The Morgan fingerprint density at radius 2 is 1.48 bits per heavy atom. The van der Waals surface area contributed by atoms with Gasteiger partial charge in [0.05, 0.1) is 11.3 Å². The second kappa shape index (κ2) is 8.91. The van der Waals surface area contributed by atoms with Gasteiger partial charge in [0.15, 0.2) is 0 Å². The van der Waals surface area contributed by atoms with Gasteiger partial charge in [-0.25, -0.2) is 9.59 Å². The Morgan fingerprint density at radius 3 is 2.22 bits per heavy atom. The number of ether oxygens (including phenoxy) is 1. The number of para-hydroxylation sites is 1. The smallest absolute Gasteiger partial charge is 0.411 e. The van der Waals surface area contributed by atoms with E-state index in [9.17, 15) is 14.7 Å². The lowest BCUT2D eigenvalue weighted by molar-refractivity contribution is 0.0693. The minimum atomic E-state index is -0.995. The van der Waals surface area contributed by atoms with Gasteiger partial charge < -0.3 is 9.84 Å². The summed E-state index contributed by atoms with van der Waals surface area (Å²) in [6, 6.07) is 23.3. The lowest BCUT2D eigenvalue weighted by Crippen LogP contribution is -2.14. The Balaban J connectivity index is 1.71. The maximum absolute atomic E-state index is 12.1. The van der Waals surface area contributed by atoms with E-state index in [1.165, 1.54) is 11.8 Å². The van der Waals surface area contributed by atoms with Crippen LogP contribution in [-0.2, 0) is 11.3 Å². The van der Waals surface area contributed by atoms with Crippen LogP contribution in [0.4, 0.5) is 10.5 Å². The van der Waals surface area contributed by atoms with Crippen molar-refractivity contribution in [2.45, 2.75) is 16.4 Å². The summed E-state index contributed by atoms with van der Waals surface area (Å²) in [5.74, 6) is -0.995. The van der Waals surface area contributed by atoms with E-state index in [0.29, 0.717) is 10.6 Å². The normalized spacial score (nSPS) is 10.2. The molecular formula is C21H17NO4S. The molecular weight excluding hydrogens is 362 g/mol. The fraction of sp³-hybridized carbons (Fsp3) is 0.0476. The number of hydrogen-bond donors (Lipinski definition) is 2. The van der Waals surface area contributed by atoms with Crippen LogP contribution in [0.15, 0.2) is 88.7 Å². The van der Waals surface area contributed by atoms with E-state index >= 15 is 0 Å². The molecule has 0 heterocycles. The number of aromatic carboxylic acids is 1. The maximum Gasteiger partial charge on any atom is 0.411 e. The molecule has 0 saturated carbocycles. The standard InChI is InChI=1S/C21H17NO4S/c23-20(24)16-10-4-6-12-18(16)27-19-13-7-5-11-17(19)22-21(25)26-14-15-8-2-1-3-9-15/h1-13H,14H2,(H,22,25)(H,23,24). The topological polar surface area (TPSA) is 75.6 Å². The number of hydrogen-bond acceptors (Lipinski definition) is 4. The number of carbonyl (C=O) groups excluding carboxylic acids is 1. The van der Waals surface area contributed by atoms with Crippen LogP contribution in [0.5, 0.6) is 0 Å². The third-order valence-corrected chi connectivity index (χ3v) is 4.83. The average molecular weight is 379 g/mol. The number of amides is 1. The van der Waals surface area contributed by atoms with E-state index in [1.54, 1.807) is 36.4 Å². The van der Waals surface area contributed by atoms with Gasteiger partial charge >= 0.3 is 12.1 Å². The van der Waals surface area contributed by atoms with Crippen LogP contribution in [0, 0.1) is 0 Å². The highest BCUT2D eigenvalue weighted by Gasteiger charge is 2.13. The summed E-state index contributed by atoms with van der Waals surface area (Å²) in [6.07, 6.45) is -0.571. The van der Waals surface area contributed by atoms with Crippen molar-refractivity contribution < 1.29 is 19.4 Å². The van der Waals surface area contributed by atoms with Crippen molar-refractivity contribution in [2.24, 2.45) is 0 Å². The highest BCUT2D eigenvalue weighted by Crippen LogP contribution is 2.35. The van der Waals surface area contributed by atoms with Crippen molar-refractivity contribution in [3.05, 3.63) is 90.0 Å². The molecule has 0 aliphatic heterocycles. The molecule has 0 radical (unpaired) electrons. The number of benzene rings is 3. The largest absolute Gasteiger partial charge is 0.478 e. The Morgan fingerprint density at radius 1 is 0.852 bits per heavy atom. The van der Waals surface area contributed by atoms with Gasteiger partial charge in [0.1, 0.15) is 6.61 Å². The third-order valence-electron chi connectivity index (χ3n) is 3.67. The minimum absolute atomic E-state index is 0.170. The molecule has 1 amide bonds. The molecule has 0 unspecified atom stereocenters. The summed E-state index contributed by atoms with van der Waals surface area (Å²) in [7, 11) is 0. The van der Waals surface area contributed by atoms with Crippen LogP contribution in [0.3, 0.4) is 0 Å². The zero-order valence-corrected chi connectivity index (χ0v) is 15.1. The fourth-order valence-corrected chi connectivity index (χ4v) is 3.40. The summed E-state index contributed by atoms with van der Waals surface area (Å²) >= 11 is 1.27. The number of rotatable bonds is 6. The lowest BCUT2D eigenvalue weighted by Gasteiger charge is -2.12. The molecule has 0 aliphatic carbocycles. The van der Waals surface area contributed by atoms with Gasteiger partial charge in [0.25, 0.3) is 0 Å². The van der Waals surface area contributed by atoms with E-state index in [-0.39, 0.29) is 12.2 Å². The van der Waals surface area contributed by atoms with Crippen molar-refractivity contribution in [1.29, 1.82) is 0 Å². The van der Waals surface area contributed by atoms with E-state index in [4.69, 9.17) is 4.74 Å². The van der Waals surface area contributed by atoms with Crippen LogP contribution in [0.1, 0.15) is 15.9 Å². The molecule has 0 bridgehead atoms. The maximum atomic E-state index is 12.1.